The van der Waals surface area contributed by atoms with Crippen molar-refractivity contribution >= 4 is 22.6 Å². The molecule has 3 rings (SSSR count). The van der Waals surface area contributed by atoms with Crippen molar-refractivity contribution in [3.8, 4) is 11.5 Å². The van der Waals surface area contributed by atoms with Crippen LogP contribution in [0.3, 0.4) is 0 Å². The van der Waals surface area contributed by atoms with E-state index in [1.807, 2.05) is 48.5 Å². The number of carbonyl (C=O) groups is 1. The number of benzene rings is 2. The number of aliphatic hydroxyl groups is 1. The Morgan fingerprint density at radius 2 is 1.96 bits per heavy atom. The minimum Gasteiger partial charge on any atom is -0.462 e. The van der Waals surface area contributed by atoms with Gasteiger partial charge in [-0.05, 0) is 44.2 Å². The molecule has 0 unspecified atom stereocenters. The number of nitrogens with zero attached hydrogens (tertiary/aromatic N) is 1. The topological polar surface area (TPSA) is 80.7 Å². The molecule has 6 heteroatoms. The Morgan fingerprint density at radius 1 is 1.19 bits per heavy atom. The van der Waals surface area contributed by atoms with Gasteiger partial charge in [-0.3, -0.25) is 4.98 Å². The fraction of sp³-hybridized carbons (Fsp3) is 0.238. The highest BCUT2D eigenvalue weighted by atomic mass is 16.5. The normalized spacial score (nSPS) is 11.8. The molecule has 0 radical (unpaired) electrons. The Kier molecular flexibility index (Phi) is 5.88. The molecule has 1 atom stereocenters. The molecular formula is C21H22N2O4. The average molecular weight is 366 g/mol. The molecule has 27 heavy (non-hydrogen) atoms. The summed E-state index contributed by atoms with van der Waals surface area (Å²) in [5.74, 6) is 0.871. The van der Waals surface area contributed by atoms with Crippen molar-refractivity contribution in [1.29, 1.82) is 0 Å². The van der Waals surface area contributed by atoms with Gasteiger partial charge in [0.1, 0.15) is 17.1 Å². The summed E-state index contributed by atoms with van der Waals surface area (Å²) in [6, 6.07) is 14.9. The van der Waals surface area contributed by atoms with Gasteiger partial charge in [-0.2, -0.15) is 0 Å². The first kappa shape index (κ1) is 18.7. The maximum absolute atomic E-state index is 12.3. The molecule has 1 aromatic heterocycles. The van der Waals surface area contributed by atoms with Crippen molar-refractivity contribution in [1.82, 2.24) is 4.98 Å². The number of anilines is 1. The lowest BCUT2D eigenvalue weighted by Crippen LogP contribution is -2.18. The van der Waals surface area contributed by atoms with E-state index in [0.29, 0.717) is 28.3 Å². The SMILES string of the molecule is CCOC(=O)c1cnc2ccc(Oc3ccccc3)cc2c1NC[C@@H](C)O. The molecule has 6 nitrogen and oxygen atoms in total. The molecule has 2 N–H and O–H groups in total. The van der Waals surface area contributed by atoms with Crippen molar-refractivity contribution in [2.45, 2.75) is 20.0 Å². The van der Waals surface area contributed by atoms with Gasteiger partial charge in [0.25, 0.3) is 0 Å². The summed E-state index contributed by atoms with van der Waals surface area (Å²) < 4.78 is 11.0. The van der Waals surface area contributed by atoms with E-state index in [9.17, 15) is 9.90 Å². The van der Waals surface area contributed by atoms with Gasteiger partial charge in [0, 0.05) is 18.1 Å². The summed E-state index contributed by atoms with van der Waals surface area (Å²) >= 11 is 0. The molecule has 0 bridgehead atoms. The molecule has 1 heterocycles. The van der Waals surface area contributed by atoms with Gasteiger partial charge in [-0.1, -0.05) is 18.2 Å². The number of aromatic nitrogens is 1. The van der Waals surface area contributed by atoms with Crippen LogP contribution in [0, 0.1) is 0 Å². The second-order valence-corrected chi connectivity index (χ2v) is 6.09. The molecule has 0 saturated heterocycles. The predicted molar refractivity (Wildman–Crippen MR) is 104 cm³/mol. The van der Waals surface area contributed by atoms with Gasteiger partial charge in [-0.25, -0.2) is 4.79 Å². The summed E-state index contributed by atoms with van der Waals surface area (Å²) in [5, 5.41) is 13.5. The molecule has 140 valence electrons. The molecule has 0 fully saturated rings. The molecule has 0 aliphatic heterocycles. The number of para-hydroxylation sites is 1. The minimum atomic E-state index is -0.577. The monoisotopic (exact) mass is 366 g/mol. The highest BCUT2D eigenvalue weighted by molar-refractivity contribution is 6.05. The fourth-order valence-electron chi connectivity index (χ4n) is 2.66. The van der Waals surface area contributed by atoms with Gasteiger partial charge >= 0.3 is 5.97 Å². The molecule has 0 aliphatic carbocycles. The van der Waals surface area contributed by atoms with Gasteiger partial charge < -0.3 is 19.9 Å². The van der Waals surface area contributed by atoms with E-state index in [-0.39, 0.29) is 13.2 Å². The maximum atomic E-state index is 12.3. The van der Waals surface area contributed by atoms with Crippen molar-refractivity contribution in [2.24, 2.45) is 0 Å². The van der Waals surface area contributed by atoms with Crippen LogP contribution < -0.4 is 10.1 Å². The number of esters is 1. The van der Waals surface area contributed by atoms with E-state index < -0.39 is 12.1 Å². The third-order valence-electron chi connectivity index (χ3n) is 3.89. The first-order chi connectivity index (χ1) is 13.1. The third kappa shape index (κ3) is 4.54. The first-order valence-corrected chi connectivity index (χ1v) is 8.83. The molecule has 0 spiro atoms. The van der Waals surface area contributed by atoms with Crippen molar-refractivity contribution in [2.75, 3.05) is 18.5 Å². The molecule has 3 aromatic rings. The highest BCUT2D eigenvalue weighted by Crippen LogP contribution is 2.31. The zero-order valence-electron chi connectivity index (χ0n) is 15.3. The summed E-state index contributed by atoms with van der Waals surface area (Å²) in [6.45, 7) is 3.98. The first-order valence-electron chi connectivity index (χ1n) is 8.83. The fourth-order valence-corrected chi connectivity index (χ4v) is 2.66. The second kappa shape index (κ2) is 8.51. The molecule has 0 amide bonds. The van der Waals surface area contributed by atoms with E-state index in [1.165, 1.54) is 6.20 Å². The number of hydrogen-bond acceptors (Lipinski definition) is 6. The van der Waals surface area contributed by atoms with E-state index in [2.05, 4.69) is 10.3 Å². The number of fused-ring (bicyclic) bond motifs is 1. The number of aliphatic hydroxyl groups excluding tert-OH is 1. The van der Waals surface area contributed by atoms with Crippen LogP contribution in [0.25, 0.3) is 10.9 Å². The van der Waals surface area contributed by atoms with E-state index in [1.54, 1.807) is 13.8 Å². The zero-order valence-corrected chi connectivity index (χ0v) is 15.3. The van der Waals surface area contributed by atoms with Gasteiger partial charge in [-0.15, -0.1) is 0 Å². The van der Waals surface area contributed by atoms with Crippen LogP contribution in [0.2, 0.25) is 0 Å². The Morgan fingerprint density at radius 3 is 2.67 bits per heavy atom. The van der Waals surface area contributed by atoms with E-state index >= 15 is 0 Å². The summed E-state index contributed by atoms with van der Waals surface area (Å²) in [5.41, 5.74) is 1.59. The quantitative estimate of drug-likeness (QED) is 0.615. The third-order valence-corrected chi connectivity index (χ3v) is 3.89. The number of carbonyl (C=O) groups excluding carboxylic acids is 1. The van der Waals surface area contributed by atoms with Gasteiger partial charge in [0.15, 0.2) is 0 Å². The van der Waals surface area contributed by atoms with Crippen LogP contribution in [0.4, 0.5) is 5.69 Å². The lowest BCUT2D eigenvalue weighted by atomic mass is 10.1. The smallest absolute Gasteiger partial charge is 0.341 e. The van der Waals surface area contributed by atoms with Gasteiger partial charge in [0.05, 0.1) is 23.9 Å². The maximum Gasteiger partial charge on any atom is 0.341 e. The molecular weight excluding hydrogens is 344 g/mol. The van der Waals surface area contributed by atoms with Crippen LogP contribution >= 0.6 is 0 Å². The molecule has 2 aromatic carbocycles. The van der Waals surface area contributed by atoms with Crippen molar-refractivity contribution in [3.63, 3.8) is 0 Å². The average Bonchev–Trinajstić information content (AvgIpc) is 2.66. The van der Waals surface area contributed by atoms with Crippen LogP contribution in [0.5, 0.6) is 11.5 Å². The van der Waals surface area contributed by atoms with Crippen molar-refractivity contribution in [3.05, 3.63) is 60.3 Å². The van der Waals surface area contributed by atoms with E-state index in [4.69, 9.17) is 9.47 Å². The lowest BCUT2D eigenvalue weighted by molar-refractivity contribution is 0.0527. The summed E-state index contributed by atoms with van der Waals surface area (Å²) in [7, 11) is 0. The number of hydrogen-bond donors (Lipinski definition) is 2. The zero-order chi connectivity index (χ0) is 19.2. The van der Waals surface area contributed by atoms with Crippen LogP contribution in [-0.4, -0.2) is 35.3 Å². The Hall–Kier alpha value is -3.12. The summed E-state index contributed by atoms with van der Waals surface area (Å²) in [6.07, 6.45) is 0.912. The standard InChI is InChI=1S/C21H22N2O4/c1-3-26-21(25)18-13-22-19-10-9-16(27-15-7-5-4-6-8-15)11-17(19)20(18)23-12-14(2)24/h4-11,13-14,24H,3,12H2,1-2H3,(H,22,23)/t14-/m1/s1. The Labute approximate surface area is 157 Å². The number of rotatable bonds is 7. The largest absolute Gasteiger partial charge is 0.462 e. The van der Waals surface area contributed by atoms with Gasteiger partial charge in [0.2, 0.25) is 0 Å². The molecule has 0 saturated carbocycles. The predicted octanol–water partition coefficient (Wildman–Crippen LogP) is 4.00. The number of pyridine rings is 1. The highest BCUT2D eigenvalue weighted by Gasteiger charge is 2.17. The van der Waals surface area contributed by atoms with Crippen LogP contribution in [-0.2, 0) is 4.74 Å². The van der Waals surface area contributed by atoms with Crippen LogP contribution in [0.1, 0.15) is 24.2 Å². The summed E-state index contributed by atoms with van der Waals surface area (Å²) in [4.78, 5) is 16.7. The molecule has 0 aliphatic rings. The second-order valence-electron chi connectivity index (χ2n) is 6.09. The minimum absolute atomic E-state index is 0.268. The van der Waals surface area contributed by atoms with E-state index in [0.717, 1.165) is 5.39 Å². The Balaban J connectivity index is 2.05. The number of nitrogens with one attached hydrogen (secondary N) is 1. The lowest BCUT2D eigenvalue weighted by Gasteiger charge is -2.16. The van der Waals surface area contributed by atoms with Crippen molar-refractivity contribution < 1.29 is 19.4 Å². The van der Waals surface area contributed by atoms with Crippen LogP contribution in [0.15, 0.2) is 54.7 Å². The Bertz CT molecular complexity index is 926. The number of ether oxygens (including phenoxy) is 2.